The molecular weight excluding hydrogens is 254 g/mol. The lowest BCUT2D eigenvalue weighted by Gasteiger charge is -2.21. The van der Waals surface area contributed by atoms with Crippen molar-refractivity contribution in [2.24, 2.45) is 5.92 Å². The van der Waals surface area contributed by atoms with Crippen molar-refractivity contribution in [3.05, 3.63) is 36.5 Å². The predicted octanol–water partition coefficient (Wildman–Crippen LogP) is 2.63. The van der Waals surface area contributed by atoms with Crippen molar-refractivity contribution in [3.8, 4) is 0 Å². The molecule has 0 bridgehead atoms. The van der Waals surface area contributed by atoms with E-state index in [0.29, 0.717) is 13.2 Å². The van der Waals surface area contributed by atoms with Crippen molar-refractivity contribution < 1.29 is 9.53 Å². The van der Waals surface area contributed by atoms with Crippen LogP contribution in [-0.4, -0.2) is 25.3 Å². The largest absolute Gasteiger partial charge is 0.381 e. The minimum Gasteiger partial charge on any atom is -0.381 e. The minimum absolute atomic E-state index is 0.0528. The summed E-state index contributed by atoms with van der Waals surface area (Å²) in [5.41, 5.74) is 1.70. The molecule has 1 aliphatic heterocycles. The van der Waals surface area contributed by atoms with E-state index in [1.165, 1.54) is 6.21 Å². The third-order valence-electron chi connectivity index (χ3n) is 3.19. The van der Waals surface area contributed by atoms with E-state index >= 15 is 0 Å². The summed E-state index contributed by atoms with van der Waals surface area (Å²) in [6, 6.07) is 7.48. The van der Waals surface area contributed by atoms with Crippen LogP contribution in [0.5, 0.6) is 0 Å². The third kappa shape index (κ3) is 4.20. The highest BCUT2D eigenvalue weighted by molar-refractivity contribution is 5.92. The van der Waals surface area contributed by atoms with E-state index in [1.54, 1.807) is 12.3 Å². The fourth-order valence-electron chi connectivity index (χ4n) is 2.05. The van der Waals surface area contributed by atoms with Crippen LogP contribution in [-0.2, 0) is 9.53 Å². The Kier molecular flexibility index (Phi) is 5.32. The number of hydrogen-bond donors (Lipinski definition) is 3. The Bertz CT molecular complexity index is 476. The van der Waals surface area contributed by atoms with Crippen LogP contribution in [0.25, 0.3) is 0 Å². The molecule has 1 fully saturated rings. The van der Waals surface area contributed by atoms with Crippen LogP contribution in [0.4, 0.5) is 11.4 Å². The van der Waals surface area contributed by atoms with Crippen LogP contribution in [0, 0.1) is 11.3 Å². The second-order valence-corrected chi connectivity index (χ2v) is 4.62. The number of nitrogens with one attached hydrogen (secondary N) is 3. The summed E-state index contributed by atoms with van der Waals surface area (Å²) in [7, 11) is 0. The fourth-order valence-corrected chi connectivity index (χ4v) is 2.05. The lowest BCUT2D eigenvalue weighted by atomic mass is 9.99. The van der Waals surface area contributed by atoms with Crippen LogP contribution < -0.4 is 10.6 Å². The summed E-state index contributed by atoms with van der Waals surface area (Å²) in [6.07, 6.45) is 6.07. The van der Waals surface area contributed by atoms with E-state index < -0.39 is 0 Å². The zero-order valence-corrected chi connectivity index (χ0v) is 11.3. The standard InChI is InChI=1S/C15H19N3O2/c16-8-1-9-17-13-2-4-14(5-3-13)18-15(19)12-6-10-20-11-7-12/h1-5,8-9,12,16-17H,6-7,10-11H2,(H,18,19)/b9-1-,16-8?. The molecule has 5 heteroatoms. The van der Waals surface area contributed by atoms with Crippen molar-refractivity contribution in [2.45, 2.75) is 12.8 Å². The lowest BCUT2D eigenvalue weighted by Crippen LogP contribution is -2.28. The lowest BCUT2D eigenvalue weighted by molar-refractivity contribution is -0.122. The molecule has 0 unspecified atom stereocenters. The summed E-state index contributed by atoms with van der Waals surface area (Å²) in [4.78, 5) is 12.0. The molecule has 0 aliphatic carbocycles. The number of carbonyl (C=O) groups is 1. The van der Waals surface area contributed by atoms with Crippen LogP contribution in [0.2, 0.25) is 0 Å². The zero-order valence-electron chi connectivity index (χ0n) is 11.3. The van der Waals surface area contributed by atoms with Gasteiger partial charge in [-0.1, -0.05) is 0 Å². The van der Waals surface area contributed by atoms with Gasteiger partial charge < -0.3 is 20.8 Å². The summed E-state index contributed by atoms with van der Waals surface area (Å²) in [5, 5.41) is 12.8. The Morgan fingerprint density at radius 3 is 2.50 bits per heavy atom. The van der Waals surface area contributed by atoms with Crippen LogP contribution in [0.3, 0.4) is 0 Å². The number of hydrogen-bond acceptors (Lipinski definition) is 4. The molecule has 1 aromatic carbocycles. The molecule has 106 valence electrons. The van der Waals surface area contributed by atoms with Gasteiger partial charge in [0.25, 0.3) is 0 Å². The van der Waals surface area contributed by atoms with E-state index in [9.17, 15) is 4.79 Å². The monoisotopic (exact) mass is 273 g/mol. The van der Waals surface area contributed by atoms with Gasteiger partial charge in [0.05, 0.1) is 0 Å². The molecule has 0 radical (unpaired) electrons. The Labute approximate surface area is 118 Å². The van der Waals surface area contributed by atoms with Gasteiger partial charge in [-0.15, -0.1) is 0 Å². The summed E-state index contributed by atoms with van der Waals surface area (Å²) < 4.78 is 5.25. The molecule has 3 N–H and O–H groups in total. The molecule has 1 aliphatic rings. The van der Waals surface area contributed by atoms with E-state index in [1.807, 2.05) is 24.3 Å². The molecule has 0 atom stereocenters. The molecule has 0 spiro atoms. The predicted molar refractivity (Wildman–Crippen MR) is 80.2 cm³/mol. The van der Waals surface area contributed by atoms with Gasteiger partial charge in [0.1, 0.15) is 0 Å². The first kappa shape index (κ1) is 14.3. The van der Waals surface area contributed by atoms with Gasteiger partial charge in [0.2, 0.25) is 5.91 Å². The Hall–Kier alpha value is -2.14. The minimum atomic E-state index is 0.0528. The number of allylic oxidation sites excluding steroid dienone is 1. The van der Waals surface area contributed by atoms with E-state index in [0.717, 1.165) is 24.2 Å². The number of ether oxygens (including phenoxy) is 1. The Morgan fingerprint density at radius 1 is 1.20 bits per heavy atom. The summed E-state index contributed by atoms with van der Waals surface area (Å²) in [5.74, 6) is 0.120. The third-order valence-corrected chi connectivity index (χ3v) is 3.19. The van der Waals surface area contributed by atoms with E-state index in [4.69, 9.17) is 10.1 Å². The average molecular weight is 273 g/mol. The Morgan fingerprint density at radius 2 is 1.85 bits per heavy atom. The second kappa shape index (κ2) is 7.45. The quantitative estimate of drug-likeness (QED) is 0.722. The molecule has 1 heterocycles. The smallest absolute Gasteiger partial charge is 0.227 e. The average Bonchev–Trinajstić information content (AvgIpc) is 2.50. The van der Waals surface area contributed by atoms with Gasteiger partial charge in [-0.3, -0.25) is 4.79 Å². The number of amides is 1. The SMILES string of the molecule is N=C/C=C\Nc1ccc(NC(=O)C2CCOCC2)cc1. The highest BCUT2D eigenvalue weighted by Crippen LogP contribution is 2.19. The molecule has 2 rings (SSSR count). The van der Waals surface area contributed by atoms with E-state index in [2.05, 4.69) is 10.6 Å². The first-order valence-corrected chi connectivity index (χ1v) is 6.70. The van der Waals surface area contributed by atoms with Crippen molar-refractivity contribution in [2.75, 3.05) is 23.8 Å². The fraction of sp³-hybridized carbons (Fsp3) is 0.333. The van der Waals surface area contributed by atoms with Crippen molar-refractivity contribution in [1.29, 1.82) is 5.41 Å². The topological polar surface area (TPSA) is 74.2 Å². The molecular formula is C15H19N3O2. The highest BCUT2D eigenvalue weighted by atomic mass is 16.5. The molecule has 0 aromatic heterocycles. The zero-order chi connectivity index (χ0) is 14.2. The van der Waals surface area contributed by atoms with Crippen molar-refractivity contribution >= 4 is 23.5 Å². The number of carbonyl (C=O) groups excluding carboxylic acids is 1. The molecule has 20 heavy (non-hydrogen) atoms. The molecule has 0 saturated carbocycles. The molecule has 1 aromatic rings. The van der Waals surface area contributed by atoms with Gasteiger partial charge in [0.15, 0.2) is 0 Å². The van der Waals surface area contributed by atoms with Gasteiger partial charge in [-0.2, -0.15) is 0 Å². The van der Waals surface area contributed by atoms with Gasteiger partial charge >= 0.3 is 0 Å². The summed E-state index contributed by atoms with van der Waals surface area (Å²) >= 11 is 0. The van der Waals surface area contributed by atoms with Gasteiger partial charge in [0, 0.05) is 42.9 Å². The number of rotatable bonds is 5. The maximum Gasteiger partial charge on any atom is 0.227 e. The van der Waals surface area contributed by atoms with Crippen LogP contribution in [0.15, 0.2) is 36.5 Å². The van der Waals surface area contributed by atoms with Crippen LogP contribution >= 0.6 is 0 Å². The van der Waals surface area contributed by atoms with Crippen molar-refractivity contribution in [3.63, 3.8) is 0 Å². The van der Waals surface area contributed by atoms with Crippen LogP contribution in [0.1, 0.15) is 12.8 Å². The number of anilines is 2. The van der Waals surface area contributed by atoms with Gasteiger partial charge in [-0.05, 0) is 43.2 Å². The normalized spacial score (nSPS) is 16.0. The molecule has 5 nitrogen and oxygen atoms in total. The second-order valence-electron chi connectivity index (χ2n) is 4.62. The maximum atomic E-state index is 12.0. The molecule has 1 saturated heterocycles. The highest BCUT2D eigenvalue weighted by Gasteiger charge is 2.21. The number of benzene rings is 1. The Balaban J connectivity index is 1.87. The van der Waals surface area contributed by atoms with Gasteiger partial charge in [-0.25, -0.2) is 0 Å². The maximum absolute atomic E-state index is 12.0. The first-order chi connectivity index (χ1) is 9.79. The van der Waals surface area contributed by atoms with E-state index in [-0.39, 0.29) is 11.8 Å². The summed E-state index contributed by atoms with van der Waals surface area (Å²) in [6.45, 7) is 1.33. The molecule has 1 amide bonds. The first-order valence-electron chi connectivity index (χ1n) is 6.70. The van der Waals surface area contributed by atoms with Crippen molar-refractivity contribution in [1.82, 2.24) is 0 Å².